The zero-order chi connectivity index (χ0) is 16.9. The monoisotopic (exact) mass is 394 g/mol. The third-order valence-electron chi connectivity index (χ3n) is 3.66. The smallest absolute Gasteiger partial charge is 0.260 e. The number of nitrogens with zero attached hydrogens (tertiary/aromatic N) is 2. The van der Waals surface area contributed by atoms with E-state index in [1.54, 1.807) is 17.2 Å². The lowest BCUT2D eigenvalue weighted by Gasteiger charge is -2.17. The SMILES string of the molecule is O=C(COc1ccc(F)cc1)N1CC[C@@H](Oc2ccc(Br)cn2)C1. The van der Waals surface area contributed by atoms with E-state index in [1.165, 1.54) is 24.3 Å². The Morgan fingerprint density at radius 1 is 1.29 bits per heavy atom. The highest BCUT2D eigenvalue weighted by Gasteiger charge is 2.28. The van der Waals surface area contributed by atoms with Crippen LogP contribution in [0.4, 0.5) is 4.39 Å². The minimum absolute atomic E-state index is 0.0745. The molecule has 0 bridgehead atoms. The molecular formula is C17H16BrFN2O3. The molecule has 0 radical (unpaired) electrons. The van der Waals surface area contributed by atoms with Gasteiger partial charge in [-0.3, -0.25) is 4.79 Å². The van der Waals surface area contributed by atoms with Gasteiger partial charge in [0, 0.05) is 29.7 Å². The summed E-state index contributed by atoms with van der Waals surface area (Å²) in [6, 6.07) is 9.23. The van der Waals surface area contributed by atoms with Gasteiger partial charge in [-0.25, -0.2) is 9.37 Å². The highest BCUT2D eigenvalue weighted by molar-refractivity contribution is 9.10. The van der Waals surface area contributed by atoms with E-state index < -0.39 is 0 Å². The summed E-state index contributed by atoms with van der Waals surface area (Å²) < 4.78 is 24.9. The van der Waals surface area contributed by atoms with Crippen molar-refractivity contribution in [2.24, 2.45) is 0 Å². The lowest BCUT2D eigenvalue weighted by atomic mass is 10.3. The Morgan fingerprint density at radius 3 is 2.79 bits per heavy atom. The molecule has 1 atom stereocenters. The minimum atomic E-state index is -0.338. The number of hydrogen-bond acceptors (Lipinski definition) is 4. The zero-order valence-corrected chi connectivity index (χ0v) is 14.4. The molecule has 3 rings (SSSR count). The number of likely N-dealkylation sites (tertiary alicyclic amines) is 1. The first-order valence-electron chi connectivity index (χ1n) is 7.54. The van der Waals surface area contributed by atoms with E-state index >= 15 is 0 Å². The summed E-state index contributed by atoms with van der Waals surface area (Å²) in [5.74, 6) is 0.555. The summed E-state index contributed by atoms with van der Waals surface area (Å²) in [7, 11) is 0. The standard InChI is InChI=1S/C17H16BrFN2O3/c18-12-1-6-16(20-9-12)24-15-7-8-21(10-15)17(22)11-23-14-4-2-13(19)3-5-14/h1-6,9,15H,7-8,10-11H2/t15-/m1/s1. The number of amides is 1. The first kappa shape index (κ1) is 16.7. The number of carbonyl (C=O) groups is 1. The third kappa shape index (κ3) is 4.44. The predicted molar refractivity (Wildman–Crippen MR) is 89.4 cm³/mol. The fraction of sp³-hybridized carbons (Fsp3) is 0.294. The van der Waals surface area contributed by atoms with Crippen LogP contribution in [0.5, 0.6) is 11.6 Å². The summed E-state index contributed by atoms with van der Waals surface area (Å²) in [5.41, 5.74) is 0. The van der Waals surface area contributed by atoms with Crippen molar-refractivity contribution < 1.29 is 18.7 Å². The number of pyridine rings is 1. The van der Waals surface area contributed by atoms with E-state index in [0.717, 1.165) is 10.9 Å². The van der Waals surface area contributed by atoms with Crippen LogP contribution in [0.3, 0.4) is 0 Å². The van der Waals surface area contributed by atoms with Gasteiger partial charge in [-0.1, -0.05) is 0 Å². The summed E-state index contributed by atoms with van der Waals surface area (Å²) in [6.45, 7) is 1.05. The summed E-state index contributed by atoms with van der Waals surface area (Å²) in [4.78, 5) is 18.0. The van der Waals surface area contributed by atoms with Crippen LogP contribution in [0.1, 0.15) is 6.42 Å². The van der Waals surface area contributed by atoms with Crippen molar-refractivity contribution in [2.45, 2.75) is 12.5 Å². The summed E-state index contributed by atoms with van der Waals surface area (Å²) in [6.07, 6.45) is 2.34. The van der Waals surface area contributed by atoms with Gasteiger partial charge in [-0.2, -0.15) is 0 Å². The normalized spacial score (nSPS) is 16.9. The van der Waals surface area contributed by atoms with Crippen LogP contribution in [-0.2, 0) is 4.79 Å². The maximum atomic E-state index is 12.8. The molecule has 0 spiro atoms. The highest BCUT2D eigenvalue weighted by Crippen LogP contribution is 2.19. The lowest BCUT2D eigenvalue weighted by Crippen LogP contribution is -2.34. The number of aromatic nitrogens is 1. The average molecular weight is 395 g/mol. The number of benzene rings is 1. The Balaban J connectivity index is 1.46. The quantitative estimate of drug-likeness (QED) is 0.781. The van der Waals surface area contributed by atoms with Gasteiger partial charge in [0.1, 0.15) is 17.7 Å². The van der Waals surface area contributed by atoms with Gasteiger partial charge in [0.05, 0.1) is 6.54 Å². The van der Waals surface area contributed by atoms with Crippen molar-refractivity contribution in [2.75, 3.05) is 19.7 Å². The van der Waals surface area contributed by atoms with Gasteiger partial charge in [-0.15, -0.1) is 0 Å². The van der Waals surface area contributed by atoms with Gasteiger partial charge in [0.25, 0.3) is 5.91 Å². The molecule has 1 saturated heterocycles. The van der Waals surface area contributed by atoms with Crippen LogP contribution in [-0.4, -0.2) is 41.6 Å². The van der Waals surface area contributed by atoms with Crippen molar-refractivity contribution in [3.63, 3.8) is 0 Å². The Hall–Kier alpha value is -2.15. The van der Waals surface area contributed by atoms with E-state index in [4.69, 9.17) is 9.47 Å². The molecule has 126 valence electrons. The number of carbonyl (C=O) groups excluding carboxylic acids is 1. The number of ether oxygens (including phenoxy) is 2. The average Bonchev–Trinajstić information content (AvgIpc) is 3.05. The Morgan fingerprint density at radius 2 is 2.08 bits per heavy atom. The fourth-order valence-corrected chi connectivity index (χ4v) is 2.66. The van der Waals surface area contributed by atoms with Crippen molar-refractivity contribution >= 4 is 21.8 Å². The second-order valence-electron chi connectivity index (χ2n) is 5.43. The second-order valence-corrected chi connectivity index (χ2v) is 6.34. The Bertz CT molecular complexity index is 694. The first-order valence-corrected chi connectivity index (χ1v) is 8.34. The molecule has 1 fully saturated rings. The first-order chi connectivity index (χ1) is 11.6. The molecule has 0 N–H and O–H groups in total. The highest BCUT2D eigenvalue weighted by atomic mass is 79.9. The molecule has 1 aliphatic heterocycles. The van der Waals surface area contributed by atoms with E-state index in [9.17, 15) is 9.18 Å². The van der Waals surface area contributed by atoms with Crippen LogP contribution in [0.2, 0.25) is 0 Å². The van der Waals surface area contributed by atoms with Crippen LogP contribution < -0.4 is 9.47 Å². The van der Waals surface area contributed by atoms with Crippen LogP contribution in [0.15, 0.2) is 47.1 Å². The van der Waals surface area contributed by atoms with E-state index in [2.05, 4.69) is 20.9 Å². The molecule has 1 aromatic carbocycles. The van der Waals surface area contributed by atoms with Gasteiger partial charge in [0.2, 0.25) is 5.88 Å². The van der Waals surface area contributed by atoms with Crippen molar-refractivity contribution in [3.05, 3.63) is 52.9 Å². The summed E-state index contributed by atoms with van der Waals surface area (Å²) in [5, 5.41) is 0. The maximum Gasteiger partial charge on any atom is 0.260 e. The van der Waals surface area contributed by atoms with Crippen molar-refractivity contribution in [1.29, 1.82) is 0 Å². The lowest BCUT2D eigenvalue weighted by molar-refractivity contribution is -0.132. The Labute approximate surface area is 147 Å². The second kappa shape index (κ2) is 7.61. The fourth-order valence-electron chi connectivity index (χ4n) is 2.42. The third-order valence-corrected chi connectivity index (χ3v) is 4.13. The van der Waals surface area contributed by atoms with Crippen LogP contribution >= 0.6 is 15.9 Å². The molecule has 0 aliphatic carbocycles. The van der Waals surface area contributed by atoms with Gasteiger partial charge < -0.3 is 14.4 Å². The molecule has 2 heterocycles. The predicted octanol–water partition coefficient (Wildman–Crippen LogP) is 3.04. The minimum Gasteiger partial charge on any atom is -0.484 e. The molecule has 2 aromatic rings. The molecule has 0 unspecified atom stereocenters. The molecular weight excluding hydrogens is 379 g/mol. The number of hydrogen-bond donors (Lipinski definition) is 0. The van der Waals surface area contributed by atoms with E-state index in [0.29, 0.717) is 24.7 Å². The molecule has 1 aliphatic rings. The van der Waals surface area contributed by atoms with E-state index in [-0.39, 0.29) is 24.4 Å². The van der Waals surface area contributed by atoms with Crippen molar-refractivity contribution in [3.8, 4) is 11.6 Å². The topological polar surface area (TPSA) is 51.7 Å². The number of halogens is 2. The molecule has 24 heavy (non-hydrogen) atoms. The van der Waals surface area contributed by atoms with Crippen molar-refractivity contribution in [1.82, 2.24) is 9.88 Å². The van der Waals surface area contributed by atoms with Gasteiger partial charge in [0.15, 0.2) is 6.61 Å². The maximum absolute atomic E-state index is 12.8. The molecule has 1 aromatic heterocycles. The van der Waals surface area contributed by atoms with Crippen LogP contribution in [0, 0.1) is 5.82 Å². The van der Waals surface area contributed by atoms with Gasteiger partial charge in [-0.05, 0) is 46.3 Å². The van der Waals surface area contributed by atoms with E-state index in [1.807, 2.05) is 6.07 Å². The number of rotatable bonds is 5. The molecule has 5 nitrogen and oxygen atoms in total. The largest absolute Gasteiger partial charge is 0.484 e. The zero-order valence-electron chi connectivity index (χ0n) is 12.8. The molecule has 0 saturated carbocycles. The summed E-state index contributed by atoms with van der Waals surface area (Å²) >= 11 is 3.32. The molecule has 7 heteroatoms. The molecule has 1 amide bonds. The Kier molecular flexibility index (Phi) is 5.30. The van der Waals surface area contributed by atoms with Crippen LogP contribution in [0.25, 0.3) is 0 Å². The van der Waals surface area contributed by atoms with Gasteiger partial charge >= 0.3 is 0 Å².